The Hall–Kier alpha value is -4.18. The predicted octanol–water partition coefficient (Wildman–Crippen LogP) is 2.95. The number of fused-ring (bicyclic) bond motifs is 2. The van der Waals surface area contributed by atoms with Crippen LogP contribution in [0.2, 0.25) is 0 Å². The van der Waals surface area contributed by atoms with Gasteiger partial charge in [0.05, 0.1) is 17.6 Å². The van der Waals surface area contributed by atoms with E-state index in [2.05, 4.69) is 25.6 Å². The summed E-state index contributed by atoms with van der Waals surface area (Å²) in [5.74, 6) is -1.39. The number of aromatic amines is 2. The average molecular weight is 505 g/mol. The number of rotatable bonds is 11. The van der Waals surface area contributed by atoms with Crippen LogP contribution in [0.3, 0.4) is 0 Å². The van der Waals surface area contributed by atoms with Crippen molar-refractivity contribution in [2.45, 2.75) is 45.7 Å². The number of nitrogens with one attached hydrogen (secondary N) is 5. The normalized spacial score (nSPS) is 13.0. The molecule has 0 radical (unpaired) electrons. The molecule has 0 aliphatic carbocycles. The summed E-state index contributed by atoms with van der Waals surface area (Å²) >= 11 is 0. The second-order valence-electron chi connectivity index (χ2n) is 9.61. The van der Waals surface area contributed by atoms with Crippen molar-refractivity contribution in [3.63, 3.8) is 0 Å². The van der Waals surface area contributed by atoms with E-state index < -0.39 is 23.8 Å². The van der Waals surface area contributed by atoms with Crippen LogP contribution >= 0.6 is 0 Å². The summed E-state index contributed by atoms with van der Waals surface area (Å²) in [7, 11) is 0. The first-order valence-electron chi connectivity index (χ1n) is 12.3. The van der Waals surface area contributed by atoms with Crippen molar-refractivity contribution in [2.24, 2.45) is 11.8 Å². The van der Waals surface area contributed by atoms with Gasteiger partial charge in [-0.15, -0.1) is 0 Å². The highest BCUT2D eigenvalue weighted by molar-refractivity contribution is 5.91. The molecule has 0 unspecified atom stereocenters. The lowest BCUT2D eigenvalue weighted by atomic mass is 9.92. The van der Waals surface area contributed by atoms with Gasteiger partial charge in [-0.05, 0) is 36.1 Å². The topological polar surface area (TPSA) is 152 Å². The number of carbonyl (C=O) groups excluding carboxylic acids is 3. The van der Waals surface area contributed by atoms with Crippen LogP contribution in [0.5, 0.6) is 0 Å². The molecule has 0 aliphatic heterocycles. The minimum Gasteiger partial charge on any atom is -0.361 e. The number of nitrogens with zero attached hydrogens (tertiary/aromatic N) is 1. The number of imidazole rings is 1. The number of H-pyrrole nitrogens is 2. The molecule has 0 aliphatic rings. The maximum atomic E-state index is 13.4. The number of aromatic nitrogens is 3. The third kappa shape index (κ3) is 6.53. The lowest BCUT2D eigenvalue weighted by Crippen LogP contribution is -2.50. The van der Waals surface area contributed by atoms with E-state index in [1.807, 2.05) is 68.6 Å². The molecule has 0 saturated heterocycles. The van der Waals surface area contributed by atoms with Crippen molar-refractivity contribution in [1.82, 2.24) is 31.1 Å². The van der Waals surface area contributed by atoms with Crippen LogP contribution in [0.1, 0.15) is 38.1 Å². The Morgan fingerprint density at radius 1 is 1.00 bits per heavy atom. The third-order valence-electron chi connectivity index (χ3n) is 6.28. The third-order valence-corrected chi connectivity index (χ3v) is 6.28. The maximum absolute atomic E-state index is 13.4. The average Bonchev–Trinajstić information content (AvgIpc) is 3.49. The quantitative estimate of drug-likeness (QED) is 0.137. The van der Waals surface area contributed by atoms with Crippen molar-refractivity contribution in [3.05, 3.63) is 66.1 Å². The molecule has 2 aromatic heterocycles. The van der Waals surface area contributed by atoms with Gasteiger partial charge in [-0.1, -0.05) is 44.2 Å². The fourth-order valence-electron chi connectivity index (χ4n) is 4.52. The molecule has 3 amide bonds. The summed E-state index contributed by atoms with van der Waals surface area (Å²) in [6.07, 6.45) is 2.34. The minimum atomic E-state index is -0.886. The van der Waals surface area contributed by atoms with Gasteiger partial charge in [-0.25, -0.2) is 10.5 Å². The van der Waals surface area contributed by atoms with E-state index in [0.29, 0.717) is 12.2 Å². The van der Waals surface area contributed by atoms with Crippen molar-refractivity contribution in [3.8, 4) is 0 Å². The summed E-state index contributed by atoms with van der Waals surface area (Å²) in [5.41, 5.74) is 5.08. The Morgan fingerprint density at radius 2 is 1.73 bits per heavy atom. The van der Waals surface area contributed by atoms with E-state index in [1.165, 1.54) is 0 Å². The maximum Gasteiger partial charge on any atom is 0.244 e. The van der Waals surface area contributed by atoms with Crippen LogP contribution in [-0.2, 0) is 27.3 Å². The highest BCUT2D eigenvalue weighted by atomic mass is 16.5. The number of hydroxylamine groups is 1. The summed E-state index contributed by atoms with van der Waals surface area (Å²) in [6.45, 7) is 4.05. The fourth-order valence-corrected chi connectivity index (χ4v) is 4.52. The van der Waals surface area contributed by atoms with Gasteiger partial charge in [0.1, 0.15) is 11.9 Å². The molecule has 194 valence electrons. The van der Waals surface area contributed by atoms with Gasteiger partial charge in [-0.3, -0.25) is 19.6 Å². The molecule has 10 nitrogen and oxygen atoms in total. The smallest absolute Gasteiger partial charge is 0.244 e. The van der Waals surface area contributed by atoms with Crippen molar-refractivity contribution < 1.29 is 19.6 Å². The second kappa shape index (κ2) is 11.7. The second-order valence-corrected chi connectivity index (χ2v) is 9.61. The highest BCUT2D eigenvalue weighted by Crippen LogP contribution is 2.21. The first-order valence-corrected chi connectivity index (χ1v) is 12.3. The number of para-hydroxylation sites is 3. The molecular weight excluding hydrogens is 472 g/mol. The summed E-state index contributed by atoms with van der Waals surface area (Å²) in [4.78, 5) is 49.3. The Kier molecular flexibility index (Phi) is 8.19. The molecule has 4 rings (SSSR count). The monoisotopic (exact) mass is 504 g/mol. The van der Waals surface area contributed by atoms with Crippen LogP contribution in [0.25, 0.3) is 21.9 Å². The van der Waals surface area contributed by atoms with E-state index in [0.717, 1.165) is 27.5 Å². The molecule has 0 fully saturated rings. The zero-order valence-electron chi connectivity index (χ0n) is 20.9. The Bertz CT molecular complexity index is 1360. The van der Waals surface area contributed by atoms with Gasteiger partial charge in [-0.2, -0.15) is 0 Å². The Labute approximate surface area is 214 Å². The van der Waals surface area contributed by atoms with Gasteiger partial charge in [0.15, 0.2) is 0 Å². The molecular formula is C27H32N6O4. The number of benzene rings is 2. The molecule has 0 spiro atoms. The summed E-state index contributed by atoms with van der Waals surface area (Å²) < 4.78 is 0. The van der Waals surface area contributed by atoms with Crippen molar-refractivity contribution in [1.29, 1.82) is 0 Å². The first-order chi connectivity index (χ1) is 17.8. The molecule has 37 heavy (non-hydrogen) atoms. The van der Waals surface area contributed by atoms with E-state index in [-0.39, 0.29) is 31.2 Å². The number of hydrogen-bond donors (Lipinski definition) is 6. The standard InChI is InChI=1S/C27H32N6O4/c1-16(2)11-17(13-25(34)33-37)26(35)32-23(12-18-14-28-20-8-4-3-7-19(18)20)27(36)29-15-24-30-21-9-5-6-10-22(21)31-24/h3-10,14,16-17,23,28,37H,11-13,15H2,1-2H3,(H,29,36)(H,30,31)(H,32,35)(H,33,34)/t17-,23+/m1/s1. The molecule has 0 bridgehead atoms. The molecule has 4 aromatic rings. The van der Waals surface area contributed by atoms with E-state index in [1.54, 1.807) is 5.48 Å². The van der Waals surface area contributed by atoms with Crippen LogP contribution in [0.15, 0.2) is 54.7 Å². The van der Waals surface area contributed by atoms with Gasteiger partial charge in [0.2, 0.25) is 17.7 Å². The largest absolute Gasteiger partial charge is 0.361 e. The number of amides is 3. The molecule has 2 aromatic carbocycles. The predicted molar refractivity (Wildman–Crippen MR) is 139 cm³/mol. The fraction of sp³-hybridized carbons (Fsp3) is 0.333. The van der Waals surface area contributed by atoms with Gasteiger partial charge >= 0.3 is 0 Å². The van der Waals surface area contributed by atoms with Crippen LogP contribution in [0, 0.1) is 11.8 Å². The minimum absolute atomic E-state index is 0.135. The molecule has 2 heterocycles. The zero-order chi connectivity index (χ0) is 26.4. The van der Waals surface area contributed by atoms with Gasteiger partial charge in [0.25, 0.3) is 0 Å². The van der Waals surface area contributed by atoms with E-state index >= 15 is 0 Å². The first kappa shape index (κ1) is 25.9. The molecule has 6 N–H and O–H groups in total. The highest BCUT2D eigenvalue weighted by Gasteiger charge is 2.28. The summed E-state index contributed by atoms with van der Waals surface area (Å²) in [5, 5.41) is 15.7. The molecule has 2 atom stereocenters. The number of carbonyl (C=O) groups is 3. The van der Waals surface area contributed by atoms with Crippen LogP contribution in [0.4, 0.5) is 0 Å². The lowest BCUT2D eigenvalue weighted by molar-refractivity contribution is -0.136. The molecule has 10 heteroatoms. The number of hydrogen-bond acceptors (Lipinski definition) is 5. The summed E-state index contributed by atoms with van der Waals surface area (Å²) in [6, 6.07) is 14.4. The lowest BCUT2D eigenvalue weighted by Gasteiger charge is -2.23. The Balaban J connectivity index is 1.53. The van der Waals surface area contributed by atoms with Crippen LogP contribution < -0.4 is 16.1 Å². The van der Waals surface area contributed by atoms with E-state index in [4.69, 9.17) is 5.21 Å². The van der Waals surface area contributed by atoms with Crippen molar-refractivity contribution in [2.75, 3.05) is 0 Å². The van der Waals surface area contributed by atoms with Gasteiger partial charge < -0.3 is 20.6 Å². The van der Waals surface area contributed by atoms with Crippen molar-refractivity contribution >= 4 is 39.7 Å². The molecule has 0 saturated carbocycles. The Morgan fingerprint density at radius 3 is 2.46 bits per heavy atom. The SMILES string of the molecule is CC(C)C[C@H](CC(=O)NO)C(=O)N[C@@H](Cc1c[nH]c2ccccc12)C(=O)NCc1nc2ccccc2[nH]1. The van der Waals surface area contributed by atoms with Gasteiger partial charge in [0, 0.05) is 35.9 Å². The zero-order valence-corrected chi connectivity index (χ0v) is 20.9. The van der Waals surface area contributed by atoms with Crippen LogP contribution in [-0.4, -0.2) is 43.9 Å². The van der Waals surface area contributed by atoms with E-state index in [9.17, 15) is 14.4 Å².